The van der Waals surface area contributed by atoms with Gasteiger partial charge in [-0.2, -0.15) is 0 Å². The van der Waals surface area contributed by atoms with Crippen LogP contribution >= 0.6 is 0 Å². The van der Waals surface area contributed by atoms with E-state index in [9.17, 15) is 9.90 Å². The summed E-state index contributed by atoms with van der Waals surface area (Å²) in [6.45, 7) is 3.75. The molecular weight excluding hydrogens is 218 g/mol. The van der Waals surface area contributed by atoms with E-state index < -0.39 is 6.23 Å². The van der Waals surface area contributed by atoms with E-state index in [0.717, 1.165) is 6.42 Å². The average molecular weight is 235 g/mol. The van der Waals surface area contributed by atoms with Gasteiger partial charge in [0.05, 0.1) is 0 Å². The van der Waals surface area contributed by atoms with E-state index in [1.165, 1.54) is 4.90 Å². The highest BCUT2D eigenvalue weighted by molar-refractivity contribution is 5.98. The van der Waals surface area contributed by atoms with E-state index in [2.05, 4.69) is 0 Å². The molecule has 2 rings (SSSR count). The largest absolute Gasteiger partial charge is 0.382 e. The predicted octanol–water partition coefficient (Wildman–Crippen LogP) is 1.56. The van der Waals surface area contributed by atoms with E-state index >= 15 is 0 Å². The van der Waals surface area contributed by atoms with Gasteiger partial charge in [0.15, 0.2) is 6.23 Å². The molecule has 0 aliphatic carbocycles. The third-order valence-corrected chi connectivity index (χ3v) is 2.92. The third-order valence-electron chi connectivity index (χ3n) is 2.92. The van der Waals surface area contributed by atoms with Gasteiger partial charge in [0, 0.05) is 30.9 Å². The highest BCUT2D eigenvalue weighted by Crippen LogP contribution is 2.31. The summed E-state index contributed by atoms with van der Waals surface area (Å²) in [4.78, 5) is 13.5. The van der Waals surface area contributed by atoms with Gasteiger partial charge >= 0.3 is 0 Å². The highest BCUT2D eigenvalue weighted by atomic mass is 16.5. The molecule has 0 fully saturated rings. The topological polar surface area (TPSA) is 49.8 Å². The number of ether oxygens (including phenoxy) is 1. The zero-order valence-corrected chi connectivity index (χ0v) is 9.93. The fourth-order valence-corrected chi connectivity index (χ4v) is 2.06. The molecule has 1 heterocycles. The highest BCUT2D eigenvalue weighted by Gasteiger charge is 2.34. The number of rotatable bonds is 5. The number of carbonyl (C=O) groups excluding carboxylic acids is 1. The van der Waals surface area contributed by atoms with Crippen molar-refractivity contribution in [3.8, 4) is 0 Å². The Balaban J connectivity index is 2.00. The normalized spacial score (nSPS) is 18.6. The van der Waals surface area contributed by atoms with Crippen LogP contribution in [-0.4, -0.2) is 35.7 Å². The monoisotopic (exact) mass is 235 g/mol. The van der Waals surface area contributed by atoms with Crippen LogP contribution in [0.3, 0.4) is 0 Å². The zero-order valence-electron chi connectivity index (χ0n) is 9.93. The Kier molecular flexibility index (Phi) is 3.76. The quantitative estimate of drug-likeness (QED) is 0.788. The Labute approximate surface area is 101 Å². The number of hydrogen-bond donors (Lipinski definition) is 1. The number of benzene rings is 1. The van der Waals surface area contributed by atoms with Gasteiger partial charge in [-0.3, -0.25) is 4.79 Å². The maximum absolute atomic E-state index is 12.0. The number of nitrogens with zero attached hydrogens (tertiary/aromatic N) is 1. The first-order chi connectivity index (χ1) is 8.25. The van der Waals surface area contributed by atoms with Gasteiger partial charge in [0.1, 0.15) is 0 Å². The van der Waals surface area contributed by atoms with Crippen molar-refractivity contribution < 1.29 is 14.6 Å². The average Bonchev–Trinajstić information content (AvgIpc) is 2.60. The molecule has 4 heteroatoms. The molecule has 0 saturated heterocycles. The van der Waals surface area contributed by atoms with Gasteiger partial charge in [-0.1, -0.05) is 18.2 Å². The standard InChI is InChI=1S/C13H17NO3/c1-2-17-9-5-8-14-12(15)10-6-3-4-7-11(10)13(14)16/h3-4,6-7,12,15H,2,5,8-9H2,1H3. The SMILES string of the molecule is CCOCCCN1C(=O)c2ccccc2C1O. The second-order valence-electron chi connectivity index (χ2n) is 4.01. The number of amides is 1. The van der Waals surface area contributed by atoms with E-state index in [1.807, 2.05) is 19.1 Å². The Bertz CT molecular complexity index is 405. The van der Waals surface area contributed by atoms with Crippen LogP contribution in [0.2, 0.25) is 0 Å². The molecule has 1 atom stereocenters. The summed E-state index contributed by atoms with van der Waals surface area (Å²) < 4.78 is 5.22. The lowest BCUT2D eigenvalue weighted by atomic mass is 10.1. The molecule has 17 heavy (non-hydrogen) atoms. The lowest BCUT2D eigenvalue weighted by Crippen LogP contribution is -2.29. The van der Waals surface area contributed by atoms with Crippen molar-refractivity contribution in [2.24, 2.45) is 0 Å². The molecule has 1 aromatic carbocycles. The molecule has 4 nitrogen and oxygen atoms in total. The lowest BCUT2D eigenvalue weighted by Gasteiger charge is -2.20. The second kappa shape index (κ2) is 5.29. The summed E-state index contributed by atoms with van der Waals surface area (Å²) in [5, 5.41) is 10.0. The lowest BCUT2D eigenvalue weighted by molar-refractivity contribution is 0.0133. The van der Waals surface area contributed by atoms with Crippen LogP contribution in [-0.2, 0) is 4.74 Å². The van der Waals surface area contributed by atoms with E-state index in [-0.39, 0.29) is 5.91 Å². The van der Waals surface area contributed by atoms with Crippen molar-refractivity contribution in [2.75, 3.05) is 19.8 Å². The van der Waals surface area contributed by atoms with Crippen molar-refractivity contribution >= 4 is 5.91 Å². The van der Waals surface area contributed by atoms with Crippen LogP contribution in [0.5, 0.6) is 0 Å². The second-order valence-corrected chi connectivity index (χ2v) is 4.01. The van der Waals surface area contributed by atoms with Gasteiger partial charge in [0.2, 0.25) is 0 Å². The summed E-state index contributed by atoms with van der Waals surface area (Å²) in [5.41, 5.74) is 1.31. The summed E-state index contributed by atoms with van der Waals surface area (Å²) in [7, 11) is 0. The maximum atomic E-state index is 12.0. The molecule has 1 aliphatic rings. The fraction of sp³-hybridized carbons (Fsp3) is 0.462. The number of aliphatic hydroxyl groups excluding tert-OH is 1. The molecule has 0 spiro atoms. The number of carbonyl (C=O) groups is 1. The predicted molar refractivity (Wildman–Crippen MR) is 63.5 cm³/mol. The van der Waals surface area contributed by atoms with Crippen molar-refractivity contribution in [2.45, 2.75) is 19.6 Å². The molecular formula is C13H17NO3. The van der Waals surface area contributed by atoms with Crippen molar-refractivity contribution in [3.63, 3.8) is 0 Å². The van der Waals surface area contributed by atoms with Crippen molar-refractivity contribution in [1.29, 1.82) is 0 Å². The van der Waals surface area contributed by atoms with Gasteiger partial charge in [-0.05, 0) is 19.4 Å². The van der Waals surface area contributed by atoms with Gasteiger partial charge in [-0.25, -0.2) is 0 Å². The number of hydrogen-bond acceptors (Lipinski definition) is 3. The molecule has 0 aromatic heterocycles. The van der Waals surface area contributed by atoms with E-state index in [0.29, 0.717) is 30.9 Å². The summed E-state index contributed by atoms with van der Waals surface area (Å²) in [6, 6.07) is 7.19. The minimum Gasteiger partial charge on any atom is -0.382 e. The molecule has 0 bridgehead atoms. The van der Waals surface area contributed by atoms with Gasteiger partial charge in [-0.15, -0.1) is 0 Å². The summed E-state index contributed by atoms with van der Waals surface area (Å²) in [6.07, 6.45) is -0.0646. The van der Waals surface area contributed by atoms with Crippen molar-refractivity contribution in [3.05, 3.63) is 35.4 Å². The molecule has 0 radical (unpaired) electrons. The Morgan fingerprint density at radius 2 is 2.18 bits per heavy atom. The molecule has 1 aliphatic heterocycles. The Hall–Kier alpha value is -1.39. The fourth-order valence-electron chi connectivity index (χ4n) is 2.06. The van der Waals surface area contributed by atoms with Crippen LogP contribution in [0.1, 0.15) is 35.5 Å². The van der Waals surface area contributed by atoms with E-state index in [4.69, 9.17) is 4.74 Å². The first kappa shape index (κ1) is 12.1. The number of fused-ring (bicyclic) bond motifs is 1. The molecule has 1 aromatic rings. The number of aliphatic hydroxyl groups is 1. The molecule has 1 amide bonds. The van der Waals surface area contributed by atoms with Crippen molar-refractivity contribution in [1.82, 2.24) is 4.90 Å². The third kappa shape index (κ3) is 2.33. The maximum Gasteiger partial charge on any atom is 0.256 e. The summed E-state index contributed by atoms with van der Waals surface area (Å²) in [5.74, 6) is -0.0930. The van der Waals surface area contributed by atoms with Crippen LogP contribution in [0.4, 0.5) is 0 Å². The molecule has 0 saturated carbocycles. The first-order valence-electron chi connectivity index (χ1n) is 5.91. The van der Waals surface area contributed by atoms with E-state index in [1.54, 1.807) is 12.1 Å². The zero-order chi connectivity index (χ0) is 12.3. The molecule has 1 N–H and O–H groups in total. The minimum atomic E-state index is -0.805. The van der Waals surface area contributed by atoms with Gasteiger partial charge < -0.3 is 14.7 Å². The van der Waals surface area contributed by atoms with Crippen LogP contribution in [0.15, 0.2) is 24.3 Å². The van der Waals surface area contributed by atoms with Gasteiger partial charge in [0.25, 0.3) is 5.91 Å². The Morgan fingerprint density at radius 1 is 1.41 bits per heavy atom. The smallest absolute Gasteiger partial charge is 0.256 e. The summed E-state index contributed by atoms with van der Waals surface area (Å²) >= 11 is 0. The van der Waals surface area contributed by atoms with Crippen LogP contribution in [0.25, 0.3) is 0 Å². The minimum absolute atomic E-state index is 0.0930. The molecule has 1 unspecified atom stereocenters. The van der Waals surface area contributed by atoms with Crippen LogP contribution < -0.4 is 0 Å². The Morgan fingerprint density at radius 3 is 2.88 bits per heavy atom. The molecule has 92 valence electrons. The van der Waals surface area contributed by atoms with Crippen LogP contribution in [0, 0.1) is 0 Å². The first-order valence-corrected chi connectivity index (χ1v) is 5.91.